The van der Waals surface area contributed by atoms with Crippen LogP contribution >= 0.6 is 0 Å². The number of hydrogen-bond donors (Lipinski definition) is 1. The van der Waals surface area contributed by atoms with Crippen molar-refractivity contribution in [2.45, 2.75) is 0 Å². The van der Waals surface area contributed by atoms with Crippen molar-refractivity contribution in [3.05, 3.63) is 18.9 Å². The molecule has 0 aromatic carbocycles. The fourth-order valence-corrected chi connectivity index (χ4v) is 0.872. The molecule has 1 amide bonds. The first-order chi connectivity index (χ1) is 5.79. The SMILES string of the molecule is NC(=O)n1[c]nc2cncnc21. The Morgan fingerprint density at radius 2 is 2.50 bits per heavy atom. The molecule has 59 valence electrons. The maximum absolute atomic E-state index is 10.7. The van der Waals surface area contributed by atoms with Crippen molar-refractivity contribution in [3.63, 3.8) is 0 Å². The number of hydrogen-bond acceptors (Lipinski definition) is 4. The Balaban J connectivity index is 2.79. The van der Waals surface area contributed by atoms with E-state index in [1.807, 2.05) is 0 Å². The number of amides is 1. The van der Waals surface area contributed by atoms with E-state index < -0.39 is 6.03 Å². The Morgan fingerprint density at radius 1 is 1.67 bits per heavy atom. The van der Waals surface area contributed by atoms with Crippen molar-refractivity contribution in [1.82, 2.24) is 19.5 Å². The first-order valence-corrected chi connectivity index (χ1v) is 3.15. The second kappa shape index (κ2) is 2.26. The summed E-state index contributed by atoms with van der Waals surface area (Å²) < 4.78 is 1.04. The summed E-state index contributed by atoms with van der Waals surface area (Å²) >= 11 is 0. The summed E-state index contributed by atoms with van der Waals surface area (Å²) in [5, 5.41) is 0. The van der Waals surface area contributed by atoms with E-state index in [-0.39, 0.29) is 0 Å². The maximum atomic E-state index is 10.7. The molecule has 2 aromatic rings. The van der Waals surface area contributed by atoms with Gasteiger partial charge in [0.25, 0.3) is 0 Å². The smallest absolute Gasteiger partial charge is 0.326 e. The van der Waals surface area contributed by atoms with Gasteiger partial charge in [-0.05, 0) is 0 Å². The van der Waals surface area contributed by atoms with Crippen LogP contribution in [0.15, 0.2) is 12.5 Å². The fourth-order valence-electron chi connectivity index (χ4n) is 0.872. The molecular weight excluding hydrogens is 158 g/mol. The lowest BCUT2D eigenvalue weighted by molar-refractivity contribution is 0.251. The van der Waals surface area contributed by atoms with E-state index in [1.165, 1.54) is 12.5 Å². The monoisotopic (exact) mass is 162 g/mol. The minimum Gasteiger partial charge on any atom is -0.351 e. The van der Waals surface area contributed by atoms with Gasteiger partial charge < -0.3 is 5.73 Å². The van der Waals surface area contributed by atoms with E-state index in [0.717, 1.165) is 4.57 Å². The highest BCUT2D eigenvalue weighted by molar-refractivity contribution is 5.85. The van der Waals surface area contributed by atoms with E-state index in [4.69, 9.17) is 5.73 Å². The first-order valence-electron chi connectivity index (χ1n) is 3.15. The zero-order valence-electron chi connectivity index (χ0n) is 5.93. The average molecular weight is 162 g/mol. The van der Waals surface area contributed by atoms with Crippen LogP contribution in [0.4, 0.5) is 4.79 Å². The molecule has 2 heterocycles. The summed E-state index contributed by atoms with van der Waals surface area (Å²) in [5.41, 5.74) is 5.89. The highest BCUT2D eigenvalue weighted by Gasteiger charge is 2.06. The van der Waals surface area contributed by atoms with Crippen LogP contribution in [-0.2, 0) is 0 Å². The second-order valence-corrected chi connectivity index (χ2v) is 2.12. The van der Waals surface area contributed by atoms with E-state index in [0.29, 0.717) is 11.2 Å². The van der Waals surface area contributed by atoms with E-state index >= 15 is 0 Å². The minimum atomic E-state index is -0.656. The lowest BCUT2D eigenvalue weighted by atomic mass is 10.6. The van der Waals surface area contributed by atoms with Crippen LogP contribution in [0.25, 0.3) is 11.2 Å². The lowest BCUT2D eigenvalue weighted by Crippen LogP contribution is -2.18. The largest absolute Gasteiger partial charge is 0.351 e. The Bertz CT molecular complexity index is 434. The number of carbonyl (C=O) groups excluding carboxylic acids is 1. The van der Waals surface area contributed by atoms with Crippen LogP contribution in [0.3, 0.4) is 0 Å². The Hall–Kier alpha value is -1.98. The third-order valence-corrected chi connectivity index (χ3v) is 1.38. The van der Waals surface area contributed by atoms with Gasteiger partial charge in [0.05, 0.1) is 6.20 Å². The number of primary amides is 1. The lowest BCUT2D eigenvalue weighted by Gasteiger charge is -1.92. The molecular formula is C6H4N5O. The van der Waals surface area contributed by atoms with Crippen molar-refractivity contribution in [2.24, 2.45) is 5.73 Å². The molecule has 2 N–H and O–H groups in total. The molecule has 0 unspecified atom stereocenters. The van der Waals surface area contributed by atoms with Gasteiger partial charge in [0.2, 0.25) is 0 Å². The molecule has 0 aliphatic rings. The van der Waals surface area contributed by atoms with Crippen LogP contribution in [0.5, 0.6) is 0 Å². The minimum absolute atomic E-state index is 0.373. The summed E-state index contributed by atoms with van der Waals surface area (Å²) in [5.74, 6) is 0. The third kappa shape index (κ3) is 0.815. The summed E-state index contributed by atoms with van der Waals surface area (Å²) in [6.45, 7) is 0. The van der Waals surface area contributed by atoms with Gasteiger partial charge >= 0.3 is 6.03 Å². The molecule has 12 heavy (non-hydrogen) atoms. The Labute approximate surface area is 67.1 Å². The van der Waals surface area contributed by atoms with Crippen LogP contribution < -0.4 is 5.73 Å². The zero-order chi connectivity index (χ0) is 8.55. The average Bonchev–Trinajstić information content (AvgIpc) is 2.47. The van der Waals surface area contributed by atoms with Gasteiger partial charge in [-0.3, -0.25) is 0 Å². The van der Waals surface area contributed by atoms with Crippen LogP contribution in [0.1, 0.15) is 0 Å². The number of nitrogens with zero attached hydrogens (tertiary/aromatic N) is 4. The summed E-state index contributed by atoms with van der Waals surface area (Å²) in [4.78, 5) is 22.0. The maximum Gasteiger partial charge on any atom is 0.326 e. The highest BCUT2D eigenvalue weighted by Crippen LogP contribution is 2.04. The quantitative estimate of drug-likeness (QED) is 0.568. The summed E-state index contributed by atoms with van der Waals surface area (Å²) in [6, 6.07) is -0.656. The third-order valence-electron chi connectivity index (χ3n) is 1.38. The predicted molar refractivity (Wildman–Crippen MR) is 39.1 cm³/mol. The molecule has 0 fully saturated rings. The van der Waals surface area contributed by atoms with Gasteiger partial charge in [0.1, 0.15) is 11.8 Å². The van der Waals surface area contributed by atoms with Crippen molar-refractivity contribution in [2.75, 3.05) is 0 Å². The fraction of sp³-hybridized carbons (Fsp3) is 0. The molecule has 0 aliphatic heterocycles. The van der Waals surface area contributed by atoms with Gasteiger partial charge in [-0.15, -0.1) is 0 Å². The Morgan fingerprint density at radius 3 is 3.25 bits per heavy atom. The van der Waals surface area contributed by atoms with Crippen LogP contribution in [0, 0.1) is 6.33 Å². The molecule has 0 atom stereocenters. The molecule has 0 bridgehead atoms. The molecule has 2 aromatic heterocycles. The molecule has 1 radical (unpaired) electrons. The number of rotatable bonds is 0. The van der Waals surface area contributed by atoms with Gasteiger partial charge in [0.15, 0.2) is 12.0 Å². The van der Waals surface area contributed by atoms with Crippen molar-refractivity contribution < 1.29 is 4.79 Å². The molecule has 0 saturated carbocycles. The molecule has 6 heteroatoms. The first kappa shape index (κ1) is 6.71. The highest BCUT2D eigenvalue weighted by atomic mass is 16.2. The molecule has 2 rings (SSSR count). The predicted octanol–water partition coefficient (Wildman–Crippen LogP) is -0.447. The number of carbonyl (C=O) groups is 1. The van der Waals surface area contributed by atoms with Gasteiger partial charge in [-0.2, -0.15) is 0 Å². The van der Waals surface area contributed by atoms with Gasteiger partial charge in [-0.25, -0.2) is 24.3 Å². The molecule has 0 spiro atoms. The van der Waals surface area contributed by atoms with E-state index in [1.54, 1.807) is 0 Å². The Kier molecular flexibility index (Phi) is 1.26. The second-order valence-electron chi connectivity index (χ2n) is 2.12. The standard InChI is InChI=1S/C6H4N5O/c7-6(12)11-3-10-4-1-8-2-9-5(4)11/h1-2H,(H2,7,12). The van der Waals surface area contributed by atoms with Crippen LogP contribution in [-0.4, -0.2) is 25.6 Å². The van der Waals surface area contributed by atoms with Crippen molar-refractivity contribution in [1.29, 1.82) is 0 Å². The molecule has 0 saturated heterocycles. The summed E-state index contributed by atoms with van der Waals surface area (Å²) in [6.07, 6.45) is 5.20. The molecule has 0 aliphatic carbocycles. The van der Waals surface area contributed by atoms with Gasteiger partial charge in [-0.1, -0.05) is 0 Å². The van der Waals surface area contributed by atoms with Crippen molar-refractivity contribution >= 4 is 17.2 Å². The molecule has 6 nitrogen and oxygen atoms in total. The normalized spacial score (nSPS) is 10.3. The number of nitrogens with two attached hydrogens (primary N) is 1. The summed E-state index contributed by atoms with van der Waals surface area (Å²) in [7, 11) is 0. The van der Waals surface area contributed by atoms with Gasteiger partial charge in [0, 0.05) is 0 Å². The van der Waals surface area contributed by atoms with E-state index in [2.05, 4.69) is 21.3 Å². The van der Waals surface area contributed by atoms with Crippen LogP contribution in [0.2, 0.25) is 0 Å². The zero-order valence-corrected chi connectivity index (χ0v) is 5.93. The number of aromatic nitrogens is 4. The number of fused-ring (bicyclic) bond motifs is 1. The van der Waals surface area contributed by atoms with Crippen molar-refractivity contribution in [3.8, 4) is 0 Å². The number of imidazole rings is 1. The topological polar surface area (TPSA) is 86.7 Å². The van der Waals surface area contributed by atoms with E-state index in [9.17, 15) is 4.79 Å².